The second-order valence-electron chi connectivity index (χ2n) is 7.32. The average Bonchev–Trinajstić information content (AvgIpc) is 3.22. The van der Waals surface area contributed by atoms with Crippen LogP contribution in [0.5, 0.6) is 0 Å². The molecule has 4 aromatic rings. The van der Waals surface area contributed by atoms with Crippen LogP contribution in [0.2, 0.25) is 0 Å². The Morgan fingerprint density at radius 2 is 1.76 bits per heavy atom. The van der Waals surface area contributed by atoms with Crippen LogP contribution >= 0.6 is 11.3 Å². The number of amides is 1. The number of fused-ring (bicyclic) bond motifs is 1. The first-order chi connectivity index (χ1) is 16.1. The van der Waals surface area contributed by atoms with Crippen LogP contribution < -0.4 is 11.1 Å². The number of alkyl halides is 3. The number of carbonyl (C=O) groups excluding carboxylic acids is 2. The van der Waals surface area contributed by atoms with Gasteiger partial charge in [-0.25, -0.2) is 14.8 Å². The standard InChI is InChI=1S/C23H17F3N4O3S/c1-11-3-5-12(6-4-11)21(31)30-17-8-7-13(20(27)29-17)14-9-16(23(24,25)26)28-18-15(14)10-34-19(18)22(32)33-2/h3-10H,1-2H3,(H3,27,29,30,31). The van der Waals surface area contributed by atoms with Gasteiger partial charge in [-0.1, -0.05) is 17.7 Å². The maximum atomic E-state index is 13.6. The van der Waals surface area contributed by atoms with Crippen molar-refractivity contribution in [1.82, 2.24) is 9.97 Å². The summed E-state index contributed by atoms with van der Waals surface area (Å²) in [5, 5.41) is 4.42. The summed E-state index contributed by atoms with van der Waals surface area (Å²) in [4.78, 5) is 32.2. The van der Waals surface area contributed by atoms with Gasteiger partial charge in [-0.2, -0.15) is 13.2 Å². The fraction of sp³-hybridized carbons (Fsp3) is 0.130. The number of nitrogens with zero attached hydrogens (tertiary/aromatic N) is 2. The van der Waals surface area contributed by atoms with E-state index < -0.39 is 23.7 Å². The molecule has 1 amide bonds. The highest BCUT2D eigenvalue weighted by molar-refractivity contribution is 7.13. The summed E-state index contributed by atoms with van der Waals surface area (Å²) < 4.78 is 45.3. The number of rotatable bonds is 4. The number of nitrogens with one attached hydrogen (secondary N) is 1. The monoisotopic (exact) mass is 486 g/mol. The molecule has 3 aromatic heterocycles. The highest BCUT2D eigenvalue weighted by atomic mass is 32.1. The van der Waals surface area contributed by atoms with Crippen LogP contribution in [0, 0.1) is 6.92 Å². The number of nitrogen functional groups attached to an aromatic ring is 1. The number of ether oxygens (including phenoxy) is 1. The molecule has 11 heteroatoms. The zero-order chi connectivity index (χ0) is 24.6. The third-order valence-electron chi connectivity index (χ3n) is 5.00. The minimum Gasteiger partial charge on any atom is -0.465 e. The number of halogens is 3. The number of anilines is 2. The van der Waals surface area contributed by atoms with E-state index in [1.54, 1.807) is 24.3 Å². The molecule has 0 saturated carbocycles. The van der Waals surface area contributed by atoms with Crippen molar-refractivity contribution in [3.8, 4) is 11.1 Å². The molecule has 174 valence electrons. The summed E-state index contributed by atoms with van der Waals surface area (Å²) in [7, 11) is 1.13. The SMILES string of the molecule is COC(=O)c1scc2c(-c3ccc(NC(=O)c4ccc(C)cc4)nc3N)cc(C(F)(F)F)nc12. The molecule has 0 radical (unpaired) electrons. The molecule has 0 aliphatic heterocycles. The summed E-state index contributed by atoms with van der Waals surface area (Å²) in [6, 6.07) is 10.6. The van der Waals surface area contributed by atoms with E-state index in [2.05, 4.69) is 20.0 Å². The summed E-state index contributed by atoms with van der Waals surface area (Å²) in [6.07, 6.45) is -4.76. The number of benzene rings is 1. The summed E-state index contributed by atoms with van der Waals surface area (Å²) in [5.74, 6) is -1.18. The fourth-order valence-electron chi connectivity index (χ4n) is 3.29. The molecule has 0 saturated heterocycles. The predicted molar refractivity (Wildman–Crippen MR) is 123 cm³/mol. The normalized spacial score (nSPS) is 11.4. The topological polar surface area (TPSA) is 107 Å². The molecule has 0 unspecified atom stereocenters. The van der Waals surface area contributed by atoms with E-state index in [0.717, 1.165) is 30.1 Å². The molecule has 0 fully saturated rings. The number of thiophene rings is 1. The lowest BCUT2D eigenvalue weighted by atomic mass is 10.0. The Bertz CT molecular complexity index is 1420. The molecule has 34 heavy (non-hydrogen) atoms. The number of hydrogen-bond acceptors (Lipinski definition) is 7. The third-order valence-corrected chi connectivity index (χ3v) is 5.95. The molecule has 0 aliphatic rings. The maximum absolute atomic E-state index is 13.6. The molecule has 4 rings (SSSR count). The Morgan fingerprint density at radius 3 is 2.38 bits per heavy atom. The van der Waals surface area contributed by atoms with Gasteiger partial charge >= 0.3 is 12.1 Å². The number of carbonyl (C=O) groups is 2. The number of methoxy groups -OCH3 is 1. The van der Waals surface area contributed by atoms with Crippen molar-refractivity contribution in [2.75, 3.05) is 18.2 Å². The van der Waals surface area contributed by atoms with Crippen LogP contribution in [0.1, 0.15) is 31.3 Å². The average molecular weight is 486 g/mol. The zero-order valence-corrected chi connectivity index (χ0v) is 18.7. The smallest absolute Gasteiger partial charge is 0.433 e. The van der Waals surface area contributed by atoms with Crippen LogP contribution in [0.15, 0.2) is 47.8 Å². The Balaban J connectivity index is 1.76. The summed E-state index contributed by atoms with van der Waals surface area (Å²) in [6.45, 7) is 1.89. The van der Waals surface area contributed by atoms with E-state index in [1.807, 2.05) is 6.92 Å². The second kappa shape index (κ2) is 8.75. The van der Waals surface area contributed by atoms with Gasteiger partial charge < -0.3 is 15.8 Å². The number of aryl methyl sites for hydroxylation is 1. The van der Waals surface area contributed by atoms with Gasteiger partial charge in [-0.3, -0.25) is 4.79 Å². The van der Waals surface area contributed by atoms with Gasteiger partial charge in [-0.15, -0.1) is 11.3 Å². The van der Waals surface area contributed by atoms with E-state index in [0.29, 0.717) is 10.9 Å². The van der Waals surface area contributed by atoms with E-state index in [4.69, 9.17) is 5.73 Å². The van der Waals surface area contributed by atoms with Gasteiger partial charge in [0.2, 0.25) is 0 Å². The minimum absolute atomic E-state index is 0.0571. The van der Waals surface area contributed by atoms with Crippen molar-refractivity contribution in [3.05, 3.63) is 69.5 Å². The van der Waals surface area contributed by atoms with E-state index in [9.17, 15) is 22.8 Å². The van der Waals surface area contributed by atoms with Crippen molar-refractivity contribution >= 4 is 45.8 Å². The summed E-state index contributed by atoms with van der Waals surface area (Å²) in [5.41, 5.74) is 6.45. The number of esters is 1. The lowest BCUT2D eigenvalue weighted by molar-refractivity contribution is -0.140. The van der Waals surface area contributed by atoms with E-state index in [1.165, 1.54) is 17.5 Å². The largest absolute Gasteiger partial charge is 0.465 e. The van der Waals surface area contributed by atoms with Crippen LogP contribution in [0.4, 0.5) is 24.8 Å². The third kappa shape index (κ3) is 4.42. The first-order valence-corrected chi connectivity index (χ1v) is 10.7. The van der Waals surface area contributed by atoms with Gasteiger partial charge in [-0.05, 0) is 42.8 Å². The molecule has 0 atom stereocenters. The first-order valence-electron chi connectivity index (χ1n) is 9.81. The molecular formula is C23H17F3N4O3S. The lowest BCUT2D eigenvalue weighted by Gasteiger charge is -2.13. The molecule has 0 spiro atoms. The molecule has 0 aliphatic carbocycles. The van der Waals surface area contributed by atoms with Crippen molar-refractivity contribution in [1.29, 1.82) is 0 Å². The Kier molecular flexibility index (Phi) is 5.96. The van der Waals surface area contributed by atoms with Crippen LogP contribution in [0.3, 0.4) is 0 Å². The lowest BCUT2D eigenvalue weighted by Crippen LogP contribution is -2.13. The van der Waals surface area contributed by atoms with Gasteiger partial charge in [0.25, 0.3) is 5.91 Å². The highest BCUT2D eigenvalue weighted by Gasteiger charge is 2.35. The molecule has 0 bridgehead atoms. The Morgan fingerprint density at radius 1 is 1.06 bits per heavy atom. The van der Waals surface area contributed by atoms with Crippen LogP contribution in [-0.4, -0.2) is 29.0 Å². The first kappa shape index (κ1) is 23.2. The number of nitrogens with two attached hydrogens (primary N) is 1. The van der Waals surface area contributed by atoms with Crippen molar-refractivity contribution in [2.45, 2.75) is 13.1 Å². The van der Waals surface area contributed by atoms with Gasteiger partial charge in [0.05, 0.1) is 12.6 Å². The maximum Gasteiger partial charge on any atom is 0.433 e. The van der Waals surface area contributed by atoms with Gasteiger partial charge in [0.1, 0.15) is 22.2 Å². The van der Waals surface area contributed by atoms with Crippen molar-refractivity contribution in [3.63, 3.8) is 0 Å². The van der Waals surface area contributed by atoms with Crippen LogP contribution in [-0.2, 0) is 10.9 Å². The quantitative estimate of drug-likeness (QED) is 0.379. The highest BCUT2D eigenvalue weighted by Crippen LogP contribution is 2.40. The fourth-order valence-corrected chi connectivity index (χ4v) is 4.21. The predicted octanol–water partition coefficient (Wildman–Crippen LogP) is 5.31. The zero-order valence-electron chi connectivity index (χ0n) is 17.9. The molecule has 3 N–H and O–H groups in total. The molecule has 3 heterocycles. The number of aromatic nitrogens is 2. The van der Waals surface area contributed by atoms with E-state index in [-0.39, 0.29) is 33.2 Å². The number of pyridine rings is 2. The van der Waals surface area contributed by atoms with E-state index >= 15 is 0 Å². The Hall–Kier alpha value is -3.99. The van der Waals surface area contributed by atoms with Crippen LogP contribution in [0.25, 0.3) is 22.0 Å². The Labute approximate surface area is 195 Å². The van der Waals surface area contributed by atoms with Crippen molar-refractivity contribution < 1.29 is 27.5 Å². The molecular weight excluding hydrogens is 469 g/mol. The molecule has 7 nitrogen and oxygen atoms in total. The number of hydrogen-bond donors (Lipinski definition) is 2. The molecule has 1 aromatic carbocycles. The summed E-state index contributed by atoms with van der Waals surface area (Å²) >= 11 is 0.917. The van der Waals surface area contributed by atoms with Gasteiger partial charge in [0.15, 0.2) is 0 Å². The minimum atomic E-state index is -4.76. The van der Waals surface area contributed by atoms with Gasteiger partial charge in [0, 0.05) is 21.9 Å². The second-order valence-corrected chi connectivity index (χ2v) is 8.20. The van der Waals surface area contributed by atoms with Crippen molar-refractivity contribution in [2.24, 2.45) is 0 Å².